The number of aromatic nitrogens is 1. The summed E-state index contributed by atoms with van der Waals surface area (Å²) in [6, 6.07) is 3.58. The molecule has 62 valence electrons. The lowest BCUT2D eigenvalue weighted by Gasteiger charge is -2.03. The zero-order chi connectivity index (χ0) is 8.97. The molecule has 0 N–H and O–H groups in total. The molecule has 0 radical (unpaired) electrons. The molecule has 0 bridgehead atoms. The Hall–Kier alpha value is -0.530. The minimum absolute atomic E-state index is 0.252. The van der Waals surface area contributed by atoms with Crippen molar-refractivity contribution in [2.24, 2.45) is 0 Å². The molecule has 0 saturated heterocycles. The highest BCUT2D eigenvalue weighted by atomic mass is 79.9. The summed E-state index contributed by atoms with van der Waals surface area (Å²) in [5.41, 5.74) is 0. The molecule has 0 aliphatic rings. The monoisotopic (exact) mass is 289 g/mol. The van der Waals surface area contributed by atoms with Crippen molar-refractivity contribution in [3.8, 4) is 18.1 Å². The van der Waals surface area contributed by atoms with Crippen LogP contribution in [-0.4, -0.2) is 11.6 Å². The number of hydrogen-bond donors (Lipinski definition) is 0. The molecule has 0 saturated carbocycles. The van der Waals surface area contributed by atoms with Gasteiger partial charge in [0.1, 0.15) is 15.8 Å². The smallest absolute Gasteiger partial charge is 0.153 e. The normalized spacial score (nSPS) is 9.08. The van der Waals surface area contributed by atoms with Crippen LogP contribution in [0.15, 0.2) is 21.3 Å². The Balaban J connectivity index is 2.81. The number of nitrogens with zero attached hydrogens (tertiary/aromatic N) is 1. The van der Waals surface area contributed by atoms with Gasteiger partial charge in [0.25, 0.3) is 0 Å². The molecule has 0 aliphatic heterocycles. The fourth-order valence-corrected chi connectivity index (χ4v) is 1.61. The van der Waals surface area contributed by atoms with Gasteiger partial charge in [0, 0.05) is 0 Å². The second-order valence-electron chi connectivity index (χ2n) is 1.92. The number of pyridine rings is 1. The highest BCUT2D eigenvalue weighted by molar-refractivity contribution is 9.11. The zero-order valence-corrected chi connectivity index (χ0v) is 9.22. The summed E-state index contributed by atoms with van der Waals surface area (Å²) < 4.78 is 6.57. The maximum absolute atomic E-state index is 5.17. The van der Waals surface area contributed by atoms with Crippen LogP contribution in [-0.2, 0) is 0 Å². The molecule has 0 spiro atoms. The lowest BCUT2D eigenvalue weighted by Crippen LogP contribution is -1.95. The Labute approximate surface area is 87.6 Å². The van der Waals surface area contributed by atoms with Gasteiger partial charge >= 0.3 is 0 Å². The number of hydrogen-bond acceptors (Lipinski definition) is 2. The van der Waals surface area contributed by atoms with E-state index in [0.717, 1.165) is 4.60 Å². The third kappa shape index (κ3) is 2.50. The minimum Gasteiger partial charge on any atom is -0.478 e. The van der Waals surface area contributed by atoms with Crippen LogP contribution in [0.4, 0.5) is 0 Å². The summed E-state index contributed by atoms with van der Waals surface area (Å²) in [7, 11) is 0. The molecule has 0 aromatic carbocycles. The Kier molecular flexibility index (Phi) is 3.57. The van der Waals surface area contributed by atoms with Crippen molar-refractivity contribution in [1.82, 2.24) is 4.98 Å². The summed E-state index contributed by atoms with van der Waals surface area (Å²) in [6.07, 6.45) is 5.04. The second kappa shape index (κ2) is 4.48. The summed E-state index contributed by atoms with van der Waals surface area (Å²) in [5, 5.41) is 0. The van der Waals surface area contributed by atoms with Crippen molar-refractivity contribution in [2.45, 2.75) is 0 Å². The molecule has 1 aromatic rings. The third-order valence-electron chi connectivity index (χ3n) is 1.09. The summed E-state index contributed by atoms with van der Waals surface area (Å²) in [5.74, 6) is 3.02. The van der Waals surface area contributed by atoms with Crippen molar-refractivity contribution in [3.63, 3.8) is 0 Å². The van der Waals surface area contributed by atoms with Gasteiger partial charge in [0.05, 0.1) is 0 Å². The molecule has 12 heavy (non-hydrogen) atoms. The maximum Gasteiger partial charge on any atom is 0.153 e. The van der Waals surface area contributed by atoms with Crippen LogP contribution < -0.4 is 4.74 Å². The molecule has 1 rings (SSSR count). The topological polar surface area (TPSA) is 22.1 Å². The van der Waals surface area contributed by atoms with Crippen LogP contribution in [0.3, 0.4) is 0 Å². The van der Waals surface area contributed by atoms with Gasteiger partial charge in [-0.2, -0.15) is 0 Å². The van der Waals surface area contributed by atoms with Crippen molar-refractivity contribution in [3.05, 3.63) is 21.3 Å². The largest absolute Gasteiger partial charge is 0.478 e. The third-order valence-corrected chi connectivity index (χ3v) is 2.10. The first-order valence-corrected chi connectivity index (χ1v) is 4.71. The molecule has 0 aliphatic carbocycles. The molecular formula is C8H5Br2NO. The highest BCUT2D eigenvalue weighted by Gasteiger charge is 2.01. The van der Waals surface area contributed by atoms with Gasteiger partial charge < -0.3 is 4.74 Å². The first kappa shape index (κ1) is 9.56. The first-order chi connectivity index (χ1) is 5.74. The van der Waals surface area contributed by atoms with Crippen LogP contribution in [0.25, 0.3) is 0 Å². The minimum atomic E-state index is 0.252. The van der Waals surface area contributed by atoms with Gasteiger partial charge in [0.2, 0.25) is 0 Å². The molecule has 1 heterocycles. The van der Waals surface area contributed by atoms with Gasteiger partial charge in [0.15, 0.2) is 5.75 Å². The van der Waals surface area contributed by atoms with E-state index in [9.17, 15) is 0 Å². The number of terminal acetylenes is 1. The Morgan fingerprint density at radius 3 is 2.83 bits per heavy atom. The molecule has 4 heteroatoms. The number of rotatable bonds is 2. The molecule has 0 amide bonds. The molecule has 0 fully saturated rings. The molecule has 2 nitrogen and oxygen atoms in total. The Morgan fingerprint density at radius 2 is 2.25 bits per heavy atom. The lowest BCUT2D eigenvalue weighted by molar-refractivity contribution is 0.366. The molecule has 0 unspecified atom stereocenters. The fraction of sp³-hybridized carbons (Fsp3) is 0.125. The summed E-state index contributed by atoms with van der Waals surface area (Å²) in [4.78, 5) is 4.07. The lowest BCUT2D eigenvalue weighted by atomic mass is 10.5. The van der Waals surface area contributed by atoms with E-state index in [1.807, 2.05) is 0 Å². The van der Waals surface area contributed by atoms with Crippen molar-refractivity contribution in [1.29, 1.82) is 0 Å². The number of halogens is 2. The van der Waals surface area contributed by atoms with Crippen LogP contribution in [0, 0.1) is 12.3 Å². The Bertz CT molecular complexity index is 319. The van der Waals surface area contributed by atoms with Crippen molar-refractivity contribution < 1.29 is 4.74 Å². The van der Waals surface area contributed by atoms with Crippen molar-refractivity contribution in [2.75, 3.05) is 6.61 Å². The second-order valence-corrected chi connectivity index (χ2v) is 3.48. The van der Waals surface area contributed by atoms with Crippen LogP contribution in [0.5, 0.6) is 5.75 Å². The predicted octanol–water partition coefficient (Wildman–Crippen LogP) is 2.62. The molecular weight excluding hydrogens is 286 g/mol. The van der Waals surface area contributed by atoms with Crippen LogP contribution in [0.2, 0.25) is 0 Å². The Morgan fingerprint density at radius 1 is 1.50 bits per heavy atom. The predicted molar refractivity (Wildman–Crippen MR) is 54.0 cm³/mol. The van der Waals surface area contributed by atoms with Gasteiger partial charge in [-0.15, -0.1) is 6.42 Å². The van der Waals surface area contributed by atoms with Crippen molar-refractivity contribution >= 4 is 31.9 Å². The average Bonchev–Trinajstić information content (AvgIpc) is 2.03. The van der Waals surface area contributed by atoms with E-state index in [0.29, 0.717) is 10.4 Å². The standard InChI is InChI=1S/C8H5Br2NO/c1-2-5-12-6-3-4-7(9)11-8(6)10/h1,3-4H,5H2. The van der Waals surface area contributed by atoms with Gasteiger partial charge in [-0.25, -0.2) is 4.98 Å². The summed E-state index contributed by atoms with van der Waals surface area (Å²) in [6.45, 7) is 0.252. The SMILES string of the molecule is C#CCOc1ccc(Br)nc1Br. The average molecular weight is 291 g/mol. The summed E-state index contributed by atoms with van der Waals surface area (Å²) >= 11 is 6.47. The van der Waals surface area contributed by atoms with E-state index >= 15 is 0 Å². The highest BCUT2D eigenvalue weighted by Crippen LogP contribution is 2.24. The quantitative estimate of drug-likeness (QED) is 0.617. The maximum atomic E-state index is 5.17. The van der Waals surface area contributed by atoms with Crippen LogP contribution in [0.1, 0.15) is 0 Å². The van der Waals surface area contributed by atoms with E-state index in [1.54, 1.807) is 12.1 Å². The molecule has 1 aromatic heterocycles. The van der Waals surface area contributed by atoms with E-state index < -0.39 is 0 Å². The van der Waals surface area contributed by atoms with E-state index in [4.69, 9.17) is 11.2 Å². The fourth-order valence-electron chi connectivity index (χ4n) is 0.626. The van der Waals surface area contributed by atoms with E-state index in [1.165, 1.54) is 0 Å². The van der Waals surface area contributed by atoms with Crippen LogP contribution >= 0.6 is 31.9 Å². The number of ether oxygens (including phenoxy) is 1. The van der Waals surface area contributed by atoms with E-state index in [2.05, 4.69) is 42.8 Å². The van der Waals surface area contributed by atoms with Gasteiger partial charge in [-0.05, 0) is 44.0 Å². The van der Waals surface area contributed by atoms with E-state index in [-0.39, 0.29) is 6.61 Å². The van der Waals surface area contributed by atoms with Gasteiger partial charge in [-0.1, -0.05) is 5.92 Å². The first-order valence-electron chi connectivity index (χ1n) is 3.12. The van der Waals surface area contributed by atoms with Gasteiger partial charge in [-0.3, -0.25) is 0 Å². The zero-order valence-electron chi connectivity index (χ0n) is 6.05. The molecule has 0 atom stereocenters.